The molecule has 7 heteroatoms. The summed E-state index contributed by atoms with van der Waals surface area (Å²) >= 11 is 0. The molecule has 118 valence electrons. The van der Waals surface area contributed by atoms with Crippen molar-refractivity contribution in [2.75, 3.05) is 5.73 Å². The maximum atomic E-state index is 14.1. The fourth-order valence-electron chi connectivity index (χ4n) is 2.64. The topological polar surface area (TPSA) is 93.4 Å². The van der Waals surface area contributed by atoms with Gasteiger partial charge in [0.25, 0.3) is 0 Å². The van der Waals surface area contributed by atoms with Gasteiger partial charge in [0.05, 0.1) is 16.9 Å². The van der Waals surface area contributed by atoms with Crippen LogP contribution in [0.1, 0.15) is 5.56 Å². The van der Waals surface area contributed by atoms with E-state index in [0.717, 1.165) is 5.56 Å². The molecule has 0 fully saturated rings. The molecule has 0 amide bonds. The molecule has 6 nitrogen and oxygen atoms in total. The lowest BCUT2D eigenvalue weighted by Crippen LogP contribution is -1.96. The highest BCUT2D eigenvalue weighted by Gasteiger charge is 2.11. The number of aromatic nitrogens is 5. The second kappa shape index (κ2) is 5.38. The minimum absolute atomic E-state index is 0.293. The molecule has 0 bridgehead atoms. The number of fused-ring (bicyclic) bond motifs is 1. The predicted octanol–water partition coefficient (Wildman–Crippen LogP) is 3.11. The van der Waals surface area contributed by atoms with Gasteiger partial charge < -0.3 is 5.73 Å². The molecule has 24 heavy (non-hydrogen) atoms. The summed E-state index contributed by atoms with van der Waals surface area (Å²) < 4.78 is 14.1. The van der Waals surface area contributed by atoms with Crippen molar-refractivity contribution in [1.82, 2.24) is 25.1 Å². The van der Waals surface area contributed by atoms with Crippen LogP contribution in [0.25, 0.3) is 33.5 Å². The van der Waals surface area contributed by atoms with Gasteiger partial charge in [-0.25, -0.2) is 19.3 Å². The third kappa shape index (κ3) is 2.36. The fraction of sp³-hybridized carbons (Fsp3) is 0.0588. The summed E-state index contributed by atoms with van der Waals surface area (Å²) in [6.07, 6.45) is 3.16. The Morgan fingerprint density at radius 2 is 1.92 bits per heavy atom. The van der Waals surface area contributed by atoms with Crippen LogP contribution < -0.4 is 5.73 Å². The Balaban J connectivity index is 1.89. The van der Waals surface area contributed by atoms with Gasteiger partial charge in [0.2, 0.25) is 0 Å². The maximum absolute atomic E-state index is 14.1. The second-order valence-corrected chi connectivity index (χ2v) is 5.47. The largest absolute Gasteiger partial charge is 0.382 e. The number of rotatable bonds is 2. The zero-order chi connectivity index (χ0) is 16.7. The van der Waals surface area contributed by atoms with Crippen LogP contribution in [0.15, 0.2) is 42.9 Å². The smallest absolute Gasteiger partial charge is 0.153 e. The van der Waals surface area contributed by atoms with E-state index in [9.17, 15) is 4.39 Å². The van der Waals surface area contributed by atoms with Crippen molar-refractivity contribution in [2.45, 2.75) is 6.92 Å². The summed E-state index contributed by atoms with van der Waals surface area (Å²) in [7, 11) is 0. The lowest BCUT2D eigenvalue weighted by atomic mass is 10.0. The molecule has 0 unspecified atom stereocenters. The number of hydrogen-bond donors (Lipinski definition) is 2. The van der Waals surface area contributed by atoms with Gasteiger partial charge in [0.1, 0.15) is 17.7 Å². The molecule has 0 aliphatic heterocycles. The third-order valence-corrected chi connectivity index (χ3v) is 3.81. The van der Waals surface area contributed by atoms with Gasteiger partial charge in [-0.05, 0) is 42.8 Å². The first-order valence-electron chi connectivity index (χ1n) is 7.31. The number of pyridine rings is 1. The number of aromatic amines is 1. The van der Waals surface area contributed by atoms with Crippen molar-refractivity contribution >= 4 is 16.9 Å². The Kier molecular flexibility index (Phi) is 3.19. The molecule has 0 aliphatic rings. The molecular formula is C17H13FN6. The van der Waals surface area contributed by atoms with Crippen LogP contribution in [0, 0.1) is 12.7 Å². The number of anilines is 1. The van der Waals surface area contributed by atoms with Gasteiger partial charge in [0.15, 0.2) is 5.82 Å². The Morgan fingerprint density at radius 3 is 2.71 bits per heavy atom. The summed E-state index contributed by atoms with van der Waals surface area (Å²) in [5, 5.41) is 6.96. The lowest BCUT2D eigenvalue weighted by Gasteiger charge is -2.07. The average molecular weight is 320 g/mol. The average Bonchev–Trinajstić information content (AvgIpc) is 3.00. The van der Waals surface area contributed by atoms with Crippen LogP contribution in [-0.4, -0.2) is 25.1 Å². The lowest BCUT2D eigenvalue weighted by molar-refractivity contribution is 0.628. The summed E-state index contributed by atoms with van der Waals surface area (Å²) in [6.45, 7) is 1.91. The minimum atomic E-state index is -0.357. The highest BCUT2D eigenvalue weighted by Crippen LogP contribution is 2.28. The minimum Gasteiger partial charge on any atom is -0.382 e. The fourth-order valence-corrected chi connectivity index (χ4v) is 2.64. The zero-order valence-electron chi connectivity index (χ0n) is 12.8. The second-order valence-electron chi connectivity index (χ2n) is 5.47. The van der Waals surface area contributed by atoms with Crippen molar-refractivity contribution in [1.29, 1.82) is 0 Å². The highest BCUT2D eigenvalue weighted by molar-refractivity contribution is 5.86. The maximum Gasteiger partial charge on any atom is 0.153 e. The SMILES string of the molecule is Cc1c[nH]nc1-c1cc(F)cc(-c2ccc3ncnc(N)c3n2)c1. The third-order valence-electron chi connectivity index (χ3n) is 3.81. The summed E-state index contributed by atoms with van der Waals surface area (Å²) in [5.41, 5.74) is 10.6. The standard InChI is InChI=1S/C17H13FN6/c1-9-7-22-24-15(9)11-4-10(5-12(18)6-11)13-2-3-14-16(23-13)17(19)21-8-20-14/h2-8H,1H3,(H,22,24)(H2,19,20,21). The van der Waals surface area contributed by atoms with Gasteiger partial charge in [-0.2, -0.15) is 5.10 Å². The Hall–Kier alpha value is -3.35. The summed E-state index contributed by atoms with van der Waals surface area (Å²) in [5.74, 6) is -0.0642. The van der Waals surface area contributed by atoms with Crippen molar-refractivity contribution < 1.29 is 4.39 Å². The Bertz CT molecular complexity index is 1060. The highest BCUT2D eigenvalue weighted by atomic mass is 19.1. The van der Waals surface area contributed by atoms with Gasteiger partial charge in [-0.3, -0.25) is 5.10 Å². The first-order chi connectivity index (χ1) is 11.6. The van der Waals surface area contributed by atoms with Crippen molar-refractivity contribution in [2.24, 2.45) is 0 Å². The number of H-pyrrole nitrogens is 1. The van der Waals surface area contributed by atoms with Crippen molar-refractivity contribution in [3.8, 4) is 22.5 Å². The van der Waals surface area contributed by atoms with Gasteiger partial charge >= 0.3 is 0 Å². The number of hydrogen-bond acceptors (Lipinski definition) is 5. The molecule has 0 atom stereocenters. The van der Waals surface area contributed by atoms with Crippen molar-refractivity contribution in [3.63, 3.8) is 0 Å². The molecule has 0 spiro atoms. The van der Waals surface area contributed by atoms with Gasteiger partial charge in [-0.15, -0.1) is 0 Å². The van der Waals surface area contributed by atoms with Gasteiger partial charge in [-0.1, -0.05) is 0 Å². The Labute approximate surface area is 136 Å². The first-order valence-corrected chi connectivity index (χ1v) is 7.31. The van der Waals surface area contributed by atoms with E-state index in [2.05, 4.69) is 25.1 Å². The molecule has 3 heterocycles. The first kappa shape index (κ1) is 14.3. The van der Waals surface area contributed by atoms with Crippen LogP contribution in [0.5, 0.6) is 0 Å². The molecule has 0 saturated carbocycles. The number of halogens is 1. The zero-order valence-corrected chi connectivity index (χ0v) is 12.8. The molecule has 0 radical (unpaired) electrons. The van der Waals surface area contributed by atoms with E-state index in [0.29, 0.717) is 39.4 Å². The van der Waals surface area contributed by atoms with Gasteiger partial charge in [0, 0.05) is 17.3 Å². The summed E-state index contributed by atoms with van der Waals surface area (Å²) in [6, 6.07) is 8.30. The van der Waals surface area contributed by atoms with E-state index in [4.69, 9.17) is 5.73 Å². The van der Waals surface area contributed by atoms with Crippen LogP contribution in [0.3, 0.4) is 0 Å². The molecule has 4 aromatic rings. The molecular weight excluding hydrogens is 307 g/mol. The molecule has 3 N–H and O–H groups in total. The quantitative estimate of drug-likeness (QED) is 0.592. The van der Waals surface area contributed by atoms with E-state index in [-0.39, 0.29) is 5.82 Å². The molecule has 0 aliphatic carbocycles. The number of nitrogen functional groups attached to an aromatic ring is 1. The summed E-state index contributed by atoms with van der Waals surface area (Å²) in [4.78, 5) is 12.6. The molecule has 3 aromatic heterocycles. The van der Waals surface area contributed by atoms with Crippen LogP contribution >= 0.6 is 0 Å². The van der Waals surface area contributed by atoms with Crippen LogP contribution in [0.2, 0.25) is 0 Å². The van der Waals surface area contributed by atoms with Crippen molar-refractivity contribution in [3.05, 3.63) is 54.2 Å². The number of nitrogens with zero attached hydrogens (tertiary/aromatic N) is 4. The monoisotopic (exact) mass is 320 g/mol. The van der Waals surface area contributed by atoms with E-state index >= 15 is 0 Å². The normalized spacial score (nSPS) is 11.1. The van der Waals surface area contributed by atoms with E-state index in [1.54, 1.807) is 18.3 Å². The molecule has 0 saturated heterocycles. The number of nitrogens with one attached hydrogen (secondary N) is 1. The number of benzene rings is 1. The van der Waals surface area contributed by atoms with E-state index in [1.807, 2.05) is 13.0 Å². The molecule has 1 aromatic carbocycles. The Morgan fingerprint density at radius 1 is 1.08 bits per heavy atom. The predicted molar refractivity (Wildman–Crippen MR) is 89.5 cm³/mol. The van der Waals surface area contributed by atoms with E-state index < -0.39 is 0 Å². The van der Waals surface area contributed by atoms with Crippen LogP contribution in [-0.2, 0) is 0 Å². The number of aryl methyl sites for hydroxylation is 1. The van der Waals surface area contributed by atoms with Crippen LogP contribution in [0.4, 0.5) is 10.2 Å². The van der Waals surface area contributed by atoms with E-state index in [1.165, 1.54) is 18.5 Å². The number of nitrogens with two attached hydrogens (primary N) is 1. The molecule has 4 rings (SSSR count).